The molecule has 0 aliphatic carbocycles. The molecule has 0 bridgehead atoms. The van der Waals surface area contributed by atoms with Crippen LogP contribution in [-0.2, 0) is 0 Å². The fourth-order valence-corrected chi connectivity index (χ4v) is 3.18. The lowest BCUT2D eigenvalue weighted by atomic mass is 9.82. The fourth-order valence-electron chi connectivity index (χ4n) is 3.18. The van der Waals surface area contributed by atoms with Crippen molar-refractivity contribution in [2.75, 3.05) is 13.1 Å². The van der Waals surface area contributed by atoms with Gasteiger partial charge in [-0.25, -0.2) is 0 Å². The van der Waals surface area contributed by atoms with Crippen LogP contribution >= 0.6 is 12.4 Å². The Morgan fingerprint density at radius 2 is 2.00 bits per heavy atom. The monoisotopic (exact) mass is 280 g/mol. The minimum absolute atomic E-state index is 0. The van der Waals surface area contributed by atoms with Crippen molar-refractivity contribution in [3.05, 3.63) is 34.4 Å². The average molecular weight is 281 g/mol. The molecule has 3 nitrogen and oxygen atoms in total. The molecule has 0 radical (unpaired) electrons. The average Bonchev–Trinajstić information content (AvgIpc) is 2.76. The van der Waals surface area contributed by atoms with Crippen molar-refractivity contribution in [2.45, 2.75) is 38.6 Å². The van der Waals surface area contributed by atoms with E-state index in [0.717, 1.165) is 24.2 Å². The van der Waals surface area contributed by atoms with E-state index in [1.807, 2.05) is 6.92 Å². The highest BCUT2D eigenvalue weighted by Crippen LogP contribution is 2.34. The topological polar surface area (TPSA) is 41.1 Å². The summed E-state index contributed by atoms with van der Waals surface area (Å²) < 4.78 is 0. The first kappa shape index (κ1) is 14.4. The molecular formula is C15H21ClN2O. The molecule has 0 aromatic heterocycles. The summed E-state index contributed by atoms with van der Waals surface area (Å²) in [4.78, 5) is 12.2. The van der Waals surface area contributed by atoms with E-state index in [1.165, 1.54) is 11.1 Å². The van der Waals surface area contributed by atoms with Gasteiger partial charge in [-0.2, -0.15) is 0 Å². The Bertz CT molecular complexity index is 513. The molecule has 2 N–H and O–H groups in total. The second-order valence-corrected chi connectivity index (χ2v) is 5.80. The molecule has 2 aliphatic rings. The largest absolute Gasteiger partial charge is 0.347 e. The first-order valence-electron chi connectivity index (χ1n) is 6.74. The van der Waals surface area contributed by atoms with Gasteiger partial charge in [0.1, 0.15) is 0 Å². The van der Waals surface area contributed by atoms with Crippen molar-refractivity contribution in [2.24, 2.45) is 0 Å². The molecule has 1 amide bonds. The van der Waals surface area contributed by atoms with E-state index < -0.39 is 0 Å². The van der Waals surface area contributed by atoms with Crippen LogP contribution in [0.4, 0.5) is 0 Å². The molecule has 3 rings (SSSR count). The van der Waals surface area contributed by atoms with Gasteiger partial charge < -0.3 is 10.6 Å². The Labute approximate surface area is 120 Å². The van der Waals surface area contributed by atoms with Crippen molar-refractivity contribution >= 4 is 18.3 Å². The van der Waals surface area contributed by atoms with Crippen LogP contribution in [0, 0.1) is 6.92 Å². The van der Waals surface area contributed by atoms with Gasteiger partial charge in [0.05, 0.1) is 0 Å². The second kappa shape index (κ2) is 5.14. The minimum atomic E-state index is 0. The highest BCUT2D eigenvalue weighted by molar-refractivity contribution is 5.99. The molecule has 1 aromatic rings. The minimum Gasteiger partial charge on any atom is -0.347 e. The predicted octanol–water partition coefficient (Wildman–Crippen LogP) is 2.34. The number of aryl methyl sites for hydroxylation is 1. The molecule has 0 saturated carbocycles. The molecule has 2 heterocycles. The van der Waals surface area contributed by atoms with Crippen LogP contribution in [-0.4, -0.2) is 25.0 Å². The zero-order valence-corrected chi connectivity index (χ0v) is 12.4. The Morgan fingerprint density at radius 3 is 2.68 bits per heavy atom. The Hall–Kier alpha value is -1.06. The van der Waals surface area contributed by atoms with E-state index in [-0.39, 0.29) is 24.4 Å². The van der Waals surface area contributed by atoms with Crippen LogP contribution in [0.1, 0.15) is 52.7 Å². The molecule has 104 valence electrons. The third kappa shape index (κ3) is 2.26. The van der Waals surface area contributed by atoms with Crippen molar-refractivity contribution in [3.63, 3.8) is 0 Å². The van der Waals surface area contributed by atoms with E-state index in [2.05, 4.69) is 36.6 Å². The van der Waals surface area contributed by atoms with E-state index in [4.69, 9.17) is 0 Å². The maximum Gasteiger partial charge on any atom is 0.252 e. The molecule has 1 saturated heterocycles. The molecule has 1 aromatic carbocycles. The molecule has 2 atom stereocenters. The van der Waals surface area contributed by atoms with Gasteiger partial charge in [0.15, 0.2) is 0 Å². The number of benzene rings is 1. The highest BCUT2D eigenvalue weighted by atomic mass is 35.5. The summed E-state index contributed by atoms with van der Waals surface area (Å²) in [5, 5.41) is 6.50. The van der Waals surface area contributed by atoms with Crippen LogP contribution in [0.2, 0.25) is 0 Å². The smallest absolute Gasteiger partial charge is 0.252 e. The summed E-state index contributed by atoms with van der Waals surface area (Å²) in [6.45, 7) is 8.32. The van der Waals surface area contributed by atoms with Gasteiger partial charge in [0.25, 0.3) is 5.91 Å². The molecule has 1 fully saturated rings. The van der Waals surface area contributed by atoms with Gasteiger partial charge in [0, 0.05) is 30.6 Å². The number of nitrogens with one attached hydrogen (secondary N) is 2. The fraction of sp³-hybridized carbons (Fsp3) is 0.533. The number of rotatable bonds is 1. The van der Waals surface area contributed by atoms with Crippen molar-refractivity contribution in [1.82, 2.24) is 10.6 Å². The van der Waals surface area contributed by atoms with Gasteiger partial charge in [-0.3, -0.25) is 4.79 Å². The summed E-state index contributed by atoms with van der Waals surface area (Å²) in [5.41, 5.74) is 4.60. The van der Waals surface area contributed by atoms with Crippen LogP contribution in [0.3, 0.4) is 0 Å². The number of amides is 1. The van der Waals surface area contributed by atoms with E-state index in [1.54, 1.807) is 0 Å². The molecular weight excluding hydrogens is 260 g/mol. The van der Waals surface area contributed by atoms with Crippen LogP contribution in [0.5, 0.6) is 0 Å². The zero-order chi connectivity index (χ0) is 12.9. The van der Waals surface area contributed by atoms with E-state index >= 15 is 0 Å². The summed E-state index contributed by atoms with van der Waals surface area (Å²) in [5.74, 6) is 1.05. The normalized spacial score (nSPS) is 24.5. The van der Waals surface area contributed by atoms with Gasteiger partial charge in [-0.05, 0) is 29.5 Å². The number of fused-ring (bicyclic) bond motifs is 3. The maximum absolute atomic E-state index is 12.2. The van der Waals surface area contributed by atoms with E-state index in [0.29, 0.717) is 11.8 Å². The van der Waals surface area contributed by atoms with Crippen molar-refractivity contribution in [1.29, 1.82) is 0 Å². The summed E-state index contributed by atoms with van der Waals surface area (Å²) in [7, 11) is 0. The van der Waals surface area contributed by atoms with Gasteiger partial charge in [-0.15, -0.1) is 12.4 Å². The lowest BCUT2D eigenvalue weighted by Gasteiger charge is -2.30. The number of carbonyl (C=O) groups is 1. The standard InChI is InChI=1S/C15H20N2O.ClH/c1-8(2)10-4-9(3)14-11(5-10)12-6-16-7-13(12)17-15(14)18;/h4-5,8,12-13,16H,6-7H2,1-3H3,(H,17,18);1H/t12-,13+;/m0./s1. The van der Waals surface area contributed by atoms with Crippen LogP contribution < -0.4 is 10.6 Å². The summed E-state index contributed by atoms with van der Waals surface area (Å²) in [6.07, 6.45) is 0. The van der Waals surface area contributed by atoms with Crippen molar-refractivity contribution < 1.29 is 4.79 Å². The molecule has 4 heteroatoms. The lowest BCUT2D eigenvalue weighted by Crippen LogP contribution is -2.44. The van der Waals surface area contributed by atoms with Crippen molar-refractivity contribution in [3.8, 4) is 0 Å². The van der Waals surface area contributed by atoms with Gasteiger partial charge in [-0.1, -0.05) is 26.0 Å². The van der Waals surface area contributed by atoms with Crippen LogP contribution in [0.25, 0.3) is 0 Å². The first-order valence-corrected chi connectivity index (χ1v) is 6.74. The SMILES string of the molecule is Cc1cc(C(C)C)cc2c1C(=O)N[C@@H]1CNC[C@@H]21.Cl. The number of hydrogen-bond acceptors (Lipinski definition) is 2. The predicted molar refractivity (Wildman–Crippen MR) is 79.4 cm³/mol. The summed E-state index contributed by atoms with van der Waals surface area (Å²) >= 11 is 0. The third-order valence-corrected chi connectivity index (χ3v) is 4.21. The Balaban J connectivity index is 0.00000133. The third-order valence-electron chi connectivity index (χ3n) is 4.21. The number of carbonyl (C=O) groups excluding carboxylic acids is 1. The van der Waals surface area contributed by atoms with Gasteiger partial charge >= 0.3 is 0 Å². The van der Waals surface area contributed by atoms with Crippen LogP contribution in [0.15, 0.2) is 12.1 Å². The lowest BCUT2D eigenvalue weighted by molar-refractivity contribution is 0.0923. The highest BCUT2D eigenvalue weighted by Gasteiger charge is 2.37. The Kier molecular flexibility index (Phi) is 3.88. The summed E-state index contributed by atoms with van der Waals surface area (Å²) in [6, 6.07) is 4.68. The van der Waals surface area contributed by atoms with E-state index in [9.17, 15) is 4.79 Å². The molecule has 0 unspecified atom stereocenters. The molecule has 2 aliphatic heterocycles. The molecule has 0 spiro atoms. The Morgan fingerprint density at radius 1 is 1.26 bits per heavy atom. The number of hydrogen-bond donors (Lipinski definition) is 2. The second-order valence-electron chi connectivity index (χ2n) is 5.80. The van der Waals surface area contributed by atoms with Gasteiger partial charge in [0.2, 0.25) is 0 Å². The maximum atomic E-state index is 12.2. The quantitative estimate of drug-likeness (QED) is 0.829. The molecule has 19 heavy (non-hydrogen) atoms. The number of halogens is 1. The zero-order valence-electron chi connectivity index (χ0n) is 11.6. The first-order chi connectivity index (χ1) is 8.58.